The first kappa shape index (κ1) is 10.7. The number of likely N-dealkylation sites (tertiary alicyclic amines) is 1. The summed E-state index contributed by atoms with van der Waals surface area (Å²) in [5.74, 6) is -1.48. The number of β-amino-alcohol motifs (C(OH)–C–C–N with tert-alkyl or cyclic N) is 1. The minimum Gasteiger partial charge on any atom is -0.480 e. The number of aliphatic hydroxyl groups is 1. The topological polar surface area (TPSA) is 93.6 Å². The van der Waals surface area contributed by atoms with Gasteiger partial charge in [0.05, 0.1) is 6.10 Å². The Hall–Kier alpha value is -1.82. The first-order valence-electron chi connectivity index (χ1n) is 4.95. The molecule has 0 aromatic carbocycles. The Kier molecular flexibility index (Phi) is 2.66. The number of rotatable bonds is 2. The predicted molar refractivity (Wildman–Crippen MR) is 53.9 cm³/mol. The van der Waals surface area contributed by atoms with Crippen molar-refractivity contribution >= 4 is 11.9 Å². The molecule has 0 aliphatic carbocycles. The second-order valence-electron chi connectivity index (χ2n) is 3.78. The fraction of sp³-hybridized carbons (Fsp3) is 0.400. The number of carboxylic acid groups (broad SMARTS) is 1. The monoisotopic (exact) mass is 224 g/mol. The summed E-state index contributed by atoms with van der Waals surface area (Å²) in [5, 5.41) is 18.3. The molecule has 0 radical (unpaired) electrons. The summed E-state index contributed by atoms with van der Waals surface area (Å²) in [6.45, 7) is 0.0643. The van der Waals surface area contributed by atoms with E-state index < -0.39 is 24.0 Å². The van der Waals surface area contributed by atoms with Gasteiger partial charge in [0.25, 0.3) is 5.91 Å². The highest BCUT2D eigenvalue weighted by Gasteiger charge is 2.39. The molecule has 1 aliphatic heterocycles. The molecule has 1 fully saturated rings. The van der Waals surface area contributed by atoms with E-state index >= 15 is 0 Å². The summed E-state index contributed by atoms with van der Waals surface area (Å²) in [6, 6.07) is 2.30. The van der Waals surface area contributed by atoms with Gasteiger partial charge >= 0.3 is 5.97 Å². The van der Waals surface area contributed by atoms with Crippen LogP contribution in [0.2, 0.25) is 0 Å². The van der Waals surface area contributed by atoms with E-state index in [0.717, 1.165) is 0 Å². The average molecular weight is 224 g/mol. The standard InChI is InChI=1S/C10H12N2O4/c13-6-4-8(10(15)16)12(5-6)9(14)7-2-1-3-11-7/h1-3,6,8,11,13H,4-5H2,(H,15,16)/t6?,8-/m0/s1. The van der Waals surface area contributed by atoms with Gasteiger partial charge in [-0.2, -0.15) is 0 Å². The molecule has 0 bridgehead atoms. The lowest BCUT2D eigenvalue weighted by molar-refractivity contribution is -0.141. The fourth-order valence-electron chi connectivity index (χ4n) is 1.89. The Morgan fingerprint density at radius 1 is 1.50 bits per heavy atom. The second kappa shape index (κ2) is 3.97. The zero-order chi connectivity index (χ0) is 11.7. The number of H-pyrrole nitrogens is 1. The summed E-state index contributed by atoms with van der Waals surface area (Å²) in [4.78, 5) is 26.7. The number of nitrogens with one attached hydrogen (secondary N) is 1. The Morgan fingerprint density at radius 2 is 2.25 bits per heavy atom. The molecule has 1 unspecified atom stereocenters. The Bertz CT molecular complexity index is 401. The van der Waals surface area contributed by atoms with E-state index in [4.69, 9.17) is 5.11 Å². The van der Waals surface area contributed by atoms with Gasteiger partial charge in [0, 0.05) is 19.2 Å². The van der Waals surface area contributed by atoms with Gasteiger partial charge in [-0.1, -0.05) is 0 Å². The van der Waals surface area contributed by atoms with Gasteiger partial charge < -0.3 is 20.1 Å². The van der Waals surface area contributed by atoms with Crippen LogP contribution in [0.5, 0.6) is 0 Å². The first-order valence-corrected chi connectivity index (χ1v) is 4.95. The van der Waals surface area contributed by atoms with Crippen molar-refractivity contribution in [3.63, 3.8) is 0 Å². The zero-order valence-electron chi connectivity index (χ0n) is 8.46. The number of carbonyl (C=O) groups is 2. The van der Waals surface area contributed by atoms with Crippen molar-refractivity contribution in [3.8, 4) is 0 Å². The highest BCUT2D eigenvalue weighted by molar-refractivity contribution is 5.95. The van der Waals surface area contributed by atoms with Gasteiger partial charge in [0.15, 0.2) is 0 Å². The molecule has 1 aromatic rings. The summed E-state index contributed by atoms with van der Waals surface area (Å²) >= 11 is 0. The van der Waals surface area contributed by atoms with Crippen LogP contribution in [0.25, 0.3) is 0 Å². The third-order valence-corrected chi connectivity index (χ3v) is 2.65. The van der Waals surface area contributed by atoms with Crippen LogP contribution >= 0.6 is 0 Å². The quantitative estimate of drug-likeness (QED) is 0.641. The molecule has 1 amide bonds. The number of aromatic nitrogens is 1. The summed E-state index contributed by atoms with van der Waals surface area (Å²) in [5.41, 5.74) is 0.334. The van der Waals surface area contributed by atoms with Crippen molar-refractivity contribution in [1.29, 1.82) is 0 Å². The maximum atomic E-state index is 11.9. The summed E-state index contributed by atoms with van der Waals surface area (Å²) < 4.78 is 0. The smallest absolute Gasteiger partial charge is 0.326 e. The lowest BCUT2D eigenvalue weighted by Crippen LogP contribution is -2.40. The minimum atomic E-state index is -1.09. The number of aliphatic hydroxyl groups excluding tert-OH is 1. The van der Waals surface area contributed by atoms with Crippen molar-refractivity contribution in [2.75, 3.05) is 6.54 Å². The van der Waals surface area contributed by atoms with E-state index in [9.17, 15) is 14.7 Å². The number of aliphatic carboxylic acids is 1. The number of nitrogens with zero attached hydrogens (tertiary/aromatic N) is 1. The molecule has 1 aliphatic rings. The number of amides is 1. The molecule has 0 saturated carbocycles. The zero-order valence-corrected chi connectivity index (χ0v) is 8.46. The highest BCUT2D eigenvalue weighted by Crippen LogP contribution is 2.20. The Balaban J connectivity index is 2.20. The molecule has 1 aromatic heterocycles. The molecule has 1 saturated heterocycles. The minimum absolute atomic E-state index is 0.0643. The van der Waals surface area contributed by atoms with Crippen molar-refractivity contribution in [1.82, 2.24) is 9.88 Å². The van der Waals surface area contributed by atoms with E-state index in [2.05, 4.69) is 4.98 Å². The summed E-state index contributed by atoms with van der Waals surface area (Å²) in [6.07, 6.45) is 0.914. The molecule has 3 N–H and O–H groups in total. The summed E-state index contributed by atoms with van der Waals surface area (Å²) in [7, 11) is 0. The molecule has 0 spiro atoms. The van der Waals surface area contributed by atoms with E-state index in [0.29, 0.717) is 5.69 Å². The molecule has 2 heterocycles. The van der Waals surface area contributed by atoms with Crippen LogP contribution in [0, 0.1) is 0 Å². The maximum Gasteiger partial charge on any atom is 0.326 e. The van der Waals surface area contributed by atoms with Crippen LogP contribution in [-0.4, -0.2) is 50.7 Å². The van der Waals surface area contributed by atoms with Crippen LogP contribution in [0.4, 0.5) is 0 Å². The van der Waals surface area contributed by atoms with Crippen molar-refractivity contribution in [3.05, 3.63) is 24.0 Å². The third kappa shape index (κ3) is 1.79. The lowest BCUT2D eigenvalue weighted by atomic mass is 10.2. The van der Waals surface area contributed by atoms with E-state index in [1.54, 1.807) is 18.3 Å². The number of aromatic amines is 1. The molecule has 2 atom stereocenters. The van der Waals surface area contributed by atoms with Crippen molar-refractivity contribution < 1.29 is 19.8 Å². The van der Waals surface area contributed by atoms with Gasteiger partial charge in [0.2, 0.25) is 0 Å². The molecule has 2 rings (SSSR count). The Morgan fingerprint density at radius 3 is 2.81 bits per heavy atom. The van der Waals surface area contributed by atoms with Gasteiger partial charge in [-0.25, -0.2) is 4.79 Å². The van der Waals surface area contributed by atoms with E-state index in [1.165, 1.54) is 4.90 Å². The number of carboxylic acids is 1. The first-order chi connectivity index (χ1) is 7.59. The maximum absolute atomic E-state index is 11.9. The number of hydrogen-bond acceptors (Lipinski definition) is 3. The third-order valence-electron chi connectivity index (χ3n) is 2.65. The van der Waals surface area contributed by atoms with Crippen LogP contribution in [0.3, 0.4) is 0 Å². The molecule has 86 valence electrons. The molecular formula is C10H12N2O4. The predicted octanol–water partition coefficient (Wildman–Crippen LogP) is -0.325. The van der Waals surface area contributed by atoms with Gasteiger partial charge in [0.1, 0.15) is 11.7 Å². The number of hydrogen-bond donors (Lipinski definition) is 3. The SMILES string of the molecule is O=C(O)[C@@H]1CC(O)CN1C(=O)c1ccc[nH]1. The van der Waals surface area contributed by atoms with Crippen molar-refractivity contribution in [2.24, 2.45) is 0 Å². The van der Waals surface area contributed by atoms with Gasteiger partial charge in [-0.05, 0) is 12.1 Å². The lowest BCUT2D eigenvalue weighted by Gasteiger charge is -2.20. The molecule has 6 nitrogen and oxygen atoms in total. The normalized spacial score (nSPS) is 24.7. The largest absolute Gasteiger partial charge is 0.480 e. The highest BCUT2D eigenvalue weighted by atomic mass is 16.4. The number of carbonyl (C=O) groups excluding carboxylic acids is 1. The fourth-order valence-corrected chi connectivity index (χ4v) is 1.89. The molecule has 16 heavy (non-hydrogen) atoms. The average Bonchev–Trinajstić information content (AvgIpc) is 2.84. The molecule has 6 heteroatoms. The van der Waals surface area contributed by atoms with Crippen LogP contribution < -0.4 is 0 Å². The second-order valence-corrected chi connectivity index (χ2v) is 3.78. The van der Waals surface area contributed by atoms with Crippen molar-refractivity contribution in [2.45, 2.75) is 18.6 Å². The van der Waals surface area contributed by atoms with Gasteiger partial charge in [-0.15, -0.1) is 0 Å². The van der Waals surface area contributed by atoms with Crippen LogP contribution in [-0.2, 0) is 4.79 Å². The van der Waals surface area contributed by atoms with E-state index in [-0.39, 0.29) is 13.0 Å². The molecular weight excluding hydrogens is 212 g/mol. The van der Waals surface area contributed by atoms with Crippen LogP contribution in [0.15, 0.2) is 18.3 Å². The van der Waals surface area contributed by atoms with E-state index in [1.807, 2.05) is 0 Å². The van der Waals surface area contributed by atoms with Crippen LogP contribution in [0.1, 0.15) is 16.9 Å². The van der Waals surface area contributed by atoms with Gasteiger partial charge in [-0.3, -0.25) is 4.79 Å². The Labute approximate surface area is 91.5 Å².